The molecule has 0 aliphatic heterocycles. The van der Waals surface area contributed by atoms with E-state index < -0.39 is 6.10 Å². The number of ether oxygens (including phenoxy) is 1. The van der Waals surface area contributed by atoms with E-state index in [4.69, 9.17) is 4.74 Å². The number of aliphatic hydroxyl groups is 1. The van der Waals surface area contributed by atoms with Crippen LogP contribution in [-0.4, -0.2) is 52.9 Å². The van der Waals surface area contributed by atoms with Gasteiger partial charge in [0, 0.05) is 20.1 Å². The number of aromatic nitrogens is 3. The average molecular weight is 269 g/mol. The highest BCUT2D eigenvalue weighted by Crippen LogP contribution is 2.14. The Hall–Kier alpha value is -1.63. The number of hydrogen-bond acceptors (Lipinski definition) is 7. The first-order valence-corrected chi connectivity index (χ1v) is 6.58. The van der Waals surface area contributed by atoms with Crippen LogP contribution >= 0.6 is 0 Å². The van der Waals surface area contributed by atoms with Crippen LogP contribution < -0.4 is 15.0 Å². The van der Waals surface area contributed by atoms with Gasteiger partial charge in [0.15, 0.2) is 0 Å². The molecule has 108 valence electrons. The Labute approximate surface area is 114 Å². The molecule has 0 amide bonds. The molecule has 0 bridgehead atoms. The van der Waals surface area contributed by atoms with E-state index in [2.05, 4.69) is 20.3 Å². The van der Waals surface area contributed by atoms with Gasteiger partial charge < -0.3 is 20.1 Å². The highest BCUT2D eigenvalue weighted by Gasteiger charge is 2.12. The molecule has 1 aromatic heterocycles. The van der Waals surface area contributed by atoms with Crippen molar-refractivity contribution >= 4 is 11.9 Å². The molecule has 7 nitrogen and oxygen atoms in total. The standard InChI is InChI=1S/C12H23N5O2/c1-5-7-19-12-15-10(13-6-2)14-11(16-12)17(4)8-9(3)18/h9,18H,5-8H2,1-4H3,(H,13,14,15,16). The highest BCUT2D eigenvalue weighted by molar-refractivity contribution is 5.37. The molecule has 1 aromatic rings. The Balaban J connectivity index is 2.91. The van der Waals surface area contributed by atoms with E-state index >= 15 is 0 Å². The number of nitrogens with one attached hydrogen (secondary N) is 1. The quantitative estimate of drug-likeness (QED) is 0.725. The summed E-state index contributed by atoms with van der Waals surface area (Å²) in [7, 11) is 1.82. The van der Waals surface area contributed by atoms with E-state index in [1.165, 1.54) is 0 Å². The monoisotopic (exact) mass is 269 g/mol. The van der Waals surface area contributed by atoms with Gasteiger partial charge >= 0.3 is 6.01 Å². The van der Waals surface area contributed by atoms with Gasteiger partial charge in [-0.1, -0.05) is 6.92 Å². The molecule has 7 heteroatoms. The topological polar surface area (TPSA) is 83.4 Å². The van der Waals surface area contributed by atoms with Crippen molar-refractivity contribution in [2.24, 2.45) is 0 Å². The van der Waals surface area contributed by atoms with Crippen molar-refractivity contribution in [1.82, 2.24) is 15.0 Å². The van der Waals surface area contributed by atoms with Gasteiger partial charge in [0.2, 0.25) is 11.9 Å². The molecular weight excluding hydrogens is 246 g/mol. The van der Waals surface area contributed by atoms with Gasteiger partial charge in [0.05, 0.1) is 12.7 Å². The molecular formula is C12H23N5O2. The molecule has 1 rings (SSSR count). The molecule has 19 heavy (non-hydrogen) atoms. The number of anilines is 2. The van der Waals surface area contributed by atoms with Crippen molar-refractivity contribution in [2.75, 3.05) is 37.0 Å². The second-order valence-electron chi connectivity index (χ2n) is 4.35. The van der Waals surface area contributed by atoms with Crippen LogP contribution in [0.3, 0.4) is 0 Å². The third-order valence-corrected chi connectivity index (χ3v) is 2.25. The minimum absolute atomic E-state index is 0.306. The lowest BCUT2D eigenvalue weighted by molar-refractivity contribution is 0.201. The second kappa shape index (κ2) is 7.73. The van der Waals surface area contributed by atoms with Crippen molar-refractivity contribution in [3.63, 3.8) is 0 Å². The van der Waals surface area contributed by atoms with E-state index in [0.717, 1.165) is 13.0 Å². The maximum absolute atomic E-state index is 9.41. The molecule has 0 saturated carbocycles. The summed E-state index contributed by atoms with van der Waals surface area (Å²) >= 11 is 0. The van der Waals surface area contributed by atoms with E-state index in [1.807, 2.05) is 20.9 Å². The van der Waals surface area contributed by atoms with Crippen molar-refractivity contribution in [3.05, 3.63) is 0 Å². The summed E-state index contributed by atoms with van der Waals surface area (Å²) in [4.78, 5) is 14.5. The maximum atomic E-state index is 9.41. The van der Waals surface area contributed by atoms with Crippen molar-refractivity contribution < 1.29 is 9.84 Å². The maximum Gasteiger partial charge on any atom is 0.323 e. The largest absolute Gasteiger partial charge is 0.463 e. The minimum Gasteiger partial charge on any atom is -0.463 e. The van der Waals surface area contributed by atoms with Crippen molar-refractivity contribution in [3.8, 4) is 6.01 Å². The third kappa shape index (κ3) is 5.25. The Morgan fingerprint density at radius 2 is 2.05 bits per heavy atom. The molecule has 2 N–H and O–H groups in total. The summed E-state index contributed by atoms with van der Waals surface area (Å²) in [5.74, 6) is 0.967. The first-order valence-electron chi connectivity index (χ1n) is 6.58. The van der Waals surface area contributed by atoms with Gasteiger partial charge in [-0.05, 0) is 20.3 Å². The van der Waals surface area contributed by atoms with E-state index in [-0.39, 0.29) is 0 Å². The predicted octanol–water partition coefficient (Wildman–Crippen LogP) is 0.909. The van der Waals surface area contributed by atoms with Gasteiger partial charge in [0.1, 0.15) is 0 Å². The van der Waals surface area contributed by atoms with Gasteiger partial charge in [0.25, 0.3) is 0 Å². The Kier molecular flexibility index (Phi) is 6.27. The lowest BCUT2D eigenvalue weighted by atomic mass is 10.4. The summed E-state index contributed by atoms with van der Waals surface area (Å²) in [5.41, 5.74) is 0. The molecule has 0 aromatic carbocycles. The second-order valence-corrected chi connectivity index (χ2v) is 4.35. The number of rotatable bonds is 8. The SMILES string of the molecule is CCCOc1nc(NCC)nc(N(C)CC(C)O)n1. The summed E-state index contributed by atoms with van der Waals surface area (Å²) in [6, 6.07) is 0.306. The normalized spacial score (nSPS) is 12.1. The fourth-order valence-electron chi connectivity index (χ4n) is 1.49. The first-order chi connectivity index (χ1) is 9.06. The number of aliphatic hydroxyl groups excluding tert-OH is 1. The van der Waals surface area contributed by atoms with Crippen LogP contribution in [0.4, 0.5) is 11.9 Å². The van der Waals surface area contributed by atoms with Crippen LogP contribution in [0, 0.1) is 0 Å². The Morgan fingerprint density at radius 1 is 1.32 bits per heavy atom. The zero-order chi connectivity index (χ0) is 14.3. The molecule has 0 aliphatic rings. The molecule has 0 spiro atoms. The molecule has 1 atom stereocenters. The smallest absolute Gasteiger partial charge is 0.323 e. The summed E-state index contributed by atoms with van der Waals surface area (Å²) in [6.07, 6.45) is 0.436. The number of nitrogens with zero attached hydrogens (tertiary/aromatic N) is 4. The van der Waals surface area contributed by atoms with E-state index in [1.54, 1.807) is 11.8 Å². The van der Waals surface area contributed by atoms with E-state index in [0.29, 0.717) is 31.1 Å². The highest BCUT2D eigenvalue weighted by atomic mass is 16.5. The molecule has 1 unspecified atom stereocenters. The molecule has 0 radical (unpaired) electrons. The summed E-state index contributed by atoms with van der Waals surface area (Å²) in [6.45, 7) is 7.44. The zero-order valence-electron chi connectivity index (χ0n) is 12.1. The average Bonchev–Trinajstić information content (AvgIpc) is 2.35. The van der Waals surface area contributed by atoms with Crippen LogP contribution in [0.25, 0.3) is 0 Å². The number of hydrogen-bond donors (Lipinski definition) is 2. The van der Waals surface area contributed by atoms with Crippen molar-refractivity contribution in [2.45, 2.75) is 33.3 Å². The van der Waals surface area contributed by atoms with Crippen LogP contribution in [0.2, 0.25) is 0 Å². The van der Waals surface area contributed by atoms with Crippen LogP contribution in [0.15, 0.2) is 0 Å². The molecule has 0 saturated heterocycles. The van der Waals surface area contributed by atoms with Gasteiger partial charge in [-0.3, -0.25) is 0 Å². The van der Waals surface area contributed by atoms with Crippen LogP contribution in [0.1, 0.15) is 27.2 Å². The van der Waals surface area contributed by atoms with E-state index in [9.17, 15) is 5.11 Å². The van der Waals surface area contributed by atoms with Gasteiger partial charge in [-0.15, -0.1) is 0 Å². The first kappa shape index (κ1) is 15.4. The summed E-state index contributed by atoms with van der Waals surface area (Å²) in [5, 5.41) is 12.4. The predicted molar refractivity (Wildman–Crippen MR) is 74.7 cm³/mol. The minimum atomic E-state index is -0.454. The lowest BCUT2D eigenvalue weighted by Gasteiger charge is -2.19. The lowest BCUT2D eigenvalue weighted by Crippen LogP contribution is -2.29. The van der Waals surface area contributed by atoms with Crippen LogP contribution in [0.5, 0.6) is 6.01 Å². The third-order valence-electron chi connectivity index (χ3n) is 2.25. The number of likely N-dealkylation sites (N-methyl/N-ethyl adjacent to an activating group) is 1. The van der Waals surface area contributed by atoms with Gasteiger partial charge in [-0.2, -0.15) is 15.0 Å². The van der Waals surface area contributed by atoms with Crippen molar-refractivity contribution in [1.29, 1.82) is 0 Å². The molecule has 0 aliphatic carbocycles. The Bertz CT molecular complexity index is 386. The fraction of sp³-hybridized carbons (Fsp3) is 0.750. The summed E-state index contributed by atoms with van der Waals surface area (Å²) < 4.78 is 5.45. The van der Waals surface area contributed by atoms with Crippen LogP contribution in [-0.2, 0) is 0 Å². The van der Waals surface area contributed by atoms with Gasteiger partial charge in [-0.25, -0.2) is 0 Å². The fourth-order valence-corrected chi connectivity index (χ4v) is 1.49. The zero-order valence-corrected chi connectivity index (χ0v) is 12.1. The Morgan fingerprint density at radius 3 is 2.63 bits per heavy atom. The molecule has 1 heterocycles. The molecule has 0 fully saturated rings.